The van der Waals surface area contributed by atoms with Gasteiger partial charge in [-0.25, -0.2) is 8.78 Å². The van der Waals surface area contributed by atoms with Gasteiger partial charge in [0.2, 0.25) is 5.91 Å². The highest BCUT2D eigenvalue weighted by Gasteiger charge is 2.46. The van der Waals surface area contributed by atoms with E-state index in [1.54, 1.807) is 4.90 Å². The maximum Gasteiger partial charge on any atom is 0.229 e. The van der Waals surface area contributed by atoms with E-state index in [0.717, 1.165) is 38.2 Å². The zero-order chi connectivity index (χ0) is 14.2. The van der Waals surface area contributed by atoms with Crippen molar-refractivity contribution in [3.05, 3.63) is 35.4 Å². The third kappa shape index (κ3) is 2.43. The normalized spacial score (nSPS) is 21.7. The molecule has 1 aromatic rings. The molecule has 2 nitrogen and oxygen atoms in total. The van der Waals surface area contributed by atoms with E-state index in [1.165, 1.54) is 18.6 Å². The van der Waals surface area contributed by atoms with E-state index in [-0.39, 0.29) is 11.3 Å². The van der Waals surface area contributed by atoms with Crippen LogP contribution in [0.5, 0.6) is 0 Å². The third-order valence-corrected chi connectivity index (χ3v) is 4.71. The fourth-order valence-corrected chi connectivity index (χ4v) is 3.66. The number of hydrogen-bond donors (Lipinski definition) is 0. The summed E-state index contributed by atoms with van der Waals surface area (Å²) in [6.07, 6.45) is 6.29. The molecule has 2 fully saturated rings. The molecule has 2 aliphatic rings. The van der Waals surface area contributed by atoms with Crippen molar-refractivity contribution in [2.45, 2.75) is 45.1 Å². The van der Waals surface area contributed by atoms with Crippen LogP contribution >= 0.6 is 0 Å². The number of hydrogen-bond acceptors (Lipinski definition) is 1. The second kappa shape index (κ2) is 5.15. The Morgan fingerprint density at radius 2 is 1.65 bits per heavy atom. The van der Waals surface area contributed by atoms with Crippen molar-refractivity contribution in [2.24, 2.45) is 5.41 Å². The lowest BCUT2D eigenvalue weighted by Crippen LogP contribution is -2.35. The quantitative estimate of drug-likeness (QED) is 0.809. The monoisotopic (exact) mass is 279 g/mol. The van der Waals surface area contributed by atoms with Crippen molar-refractivity contribution in [1.82, 2.24) is 4.90 Å². The van der Waals surface area contributed by atoms with E-state index in [9.17, 15) is 13.6 Å². The predicted molar refractivity (Wildman–Crippen MR) is 71.9 cm³/mol. The van der Waals surface area contributed by atoms with Gasteiger partial charge in [0.25, 0.3) is 0 Å². The highest BCUT2D eigenvalue weighted by Crippen LogP contribution is 2.45. The fourth-order valence-electron chi connectivity index (χ4n) is 3.66. The molecule has 108 valence electrons. The van der Waals surface area contributed by atoms with Crippen LogP contribution in [0.4, 0.5) is 8.78 Å². The maximum atomic E-state index is 13.2. The fraction of sp³-hybridized carbons (Fsp3) is 0.562. The van der Waals surface area contributed by atoms with Crippen molar-refractivity contribution >= 4 is 5.91 Å². The smallest absolute Gasteiger partial charge is 0.229 e. The van der Waals surface area contributed by atoms with Crippen LogP contribution < -0.4 is 0 Å². The molecule has 1 heterocycles. The van der Waals surface area contributed by atoms with Gasteiger partial charge in [0.15, 0.2) is 0 Å². The van der Waals surface area contributed by atoms with Crippen LogP contribution in [0.1, 0.15) is 44.1 Å². The molecule has 1 spiro atoms. The molecule has 0 radical (unpaired) electrons. The van der Waals surface area contributed by atoms with E-state index < -0.39 is 11.6 Å². The van der Waals surface area contributed by atoms with E-state index in [0.29, 0.717) is 18.7 Å². The molecule has 1 aliphatic carbocycles. The molecular weight excluding hydrogens is 260 g/mol. The first-order valence-electron chi connectivity index (χ1n) is 7.33. The summed E-state index contributed by atoms with van der Waals surface area (Å²) < 4.78 is 26.4. The third-order valence-electron chi connectivity index (χ3n) is 4.71. The Balaban J connectivity index is 1.74. The van der Waals surface area contributed by atoms with Crippen LogP contribution in [-0.2, 0) is 11.3 Å². The number of benzene rings is 1. The van der Waals surface area contributed by atoms with Crippen LogP contribution in [0.2, 0.25) is 0 Å². The van der Waals surface area contributed by atoms with Gasteiger partial charge in [0.05, 0.1) is 5.41 Å². The number of likely N-dealkylation sites (tertiary alicyclic amines) is 1. The summed E-state index contributed by atoms with van der Waals surface area (Å²) in [5.74, 6) is -0.986. The minimum atomic E-state index is -0.584. The predicted octanol–water partition coefficient (Wildman–Crippen LogP) is 3.65. The molecule has 1 saturated heterocycles. The van der Waals surface area contributed by atoms with E-state index in [1.807, 2.05) is 0 Å². The molecule has 0 aromatic heterocycles. The van der Waals surface area contributed by atoms with Crippen molar-refractivity contribution < 1.29 is 13.6 Å². The lowest BCUT2D eigenvalue weighted by Gasteiger charge is -2.31. The molecule has 0 unspecified atom stereocenters. The maximum absolute atomic E-state index is 13.2. The Kier molecular flexibility index (Phi) is 3.48. The molecule has 1 aromatic carbocycles. The van der Waals surface area contributed by atoms with Crippen LogP contribution in [0.15, 0.2) is 18.2 Å². The van der Waals surface area contributed by atoms with Gasteiger partial charge in [-0.15, -0.1) is 0 Å². The average molecular weight is 279 g/mol. The highest BCUT2D eigenvalue weighted by atomic mass is 19.1. The van der Waals surface area contributed by atoms with Crippen molar-refractivity contribution in [3.63, 3.8) is 0 Å². The van der Waals surface area contributed by atoms with Crippen molar-refractivity contribution in [3.8, 4) is 0 Å². The topological polar surface area (TPSA) is 20.3 Å². The minimum absolute atomic E-state index is 0.176. The molecule has 0 N–H and O–H groups in total. The van der Waals surface area contributed by atoms with Crippen LogP contribution in [0.25, 0.3) is 0 Å². The molecular formula is C16H19F2NO. The summed E-state index contributed by atoms with van der Waals surface area (Å²) in [5.41, 5.74) is 0.355. The van der Waals surface area contributed by atoms with Gasteiger partial charge in [-0.05, 0) is 37.0 Å². The van der Waals surface area contributed by atoms with Crippen molar-refractivity contribution in [1.29, 1.82) is 0 Å². The summed E-state index contributed by atoms with van der Waals surface area (Å²) in [6, 6.07) is 3.47. The summed E-state index contributed by atoms with van der Waals surface area (Å²) in [6.45, 7) is 1.02. The lowest BCUT2D eigenvalue weighted by atomic mass is 9.73. The molecule has 4 heteroatoms. The van der Waals surface area contributed by atoms with Gasteiger partial charge in [0.1, 0.15) is 11.6 Å². The summed E-state index contributed by atoms with van der Waals surface area (Å²) in [5, 5.41) is 0. The first kappa shape index (κ1) is 13.5. The number of halogens is 2. The SMILES string of the molecule is O=C1N(Cc2cc(F)cc(F)c2)CCC12CCCCC2. The second-order valence-electron chi connectivity index (χ2n) is 6.10. The molecule has 1 saturated carbocycles. The first-order chi connectivity index (χ1) is 9.59. The minimum Gasteiger partial charge on any atom is -0.338 e. The van der Waals surface area contributed by atoms with Crippen LogP contribution in [0.3, 0.4) is 0 Å². The van der Waals surface area contributed by atoms with Crippen LogP contribution in [-0.4, -0.2) is 17.4 Å². The van der Waals surface area contributed by atoms with Gasteiger partial charge in [-0.1, -0.05) is 19.3 Å². The highest BCUT2D eigenvalue weighted by molar-refractivity contribution is 5.84. The zero-order valence-corrected chi connectivity index (χ0v) is 11.5. The zero-order valence-electron chi connectivity index (χ0n) is 11.5. The summed E-state index contributed by atoms with van der Waals surface area (Å²) in [4.78, 5) is 14.4. The Labute approximate surface area is 117 Å². The Morgan fingerprint density at radius 3 is 2.30 bits per heavy atom. The Bertz CT molecular complexity index is 503. The number of rotatable bonds is 2. The summed E-state index contributed by atoms with van der Waals surface area (Å²) >= 11 is 0. The largest absolute Gasteiger partial charge is 0.338 e. The van der Waals surface area contributed by atoms with E-state index in [4.69, 9.17) is 0 Å². The molecule has 0 atom stereocenters. The Morgan fingerprint density at radius 1 is 1.00 bits per heavy atom. The van der Waals surface area contributed by atoms with Gasteiger partial charge in [0, 0.05) is 19.2 Å². The van der Waals surface area contributed by atoms with Crippen LogP contribution in [0, 0.1) is 17.0 Å². The second-order valence-corrected chi connectivity index (χ2v) is 6.10. The van der Waals surface area contributed by atoms with E-state index in [2.05, 4.69) is 0 Å². The van der Waals surface area contributed by atoms with Gasteiger partial charge in [-0.2, -0.15) is 0 Å². The molecule has 3 rings (SSSR count). The standard InChI is InChI=1S/C16H19F2NO/c17-13-8-12(9-14(18)10-13)11-19-7-6-16(15(19)20)4-2-1-3-5-16/h8-10H,1-7,11H2. The molecule has 0 bridgehead atoms. The lowest BCUT2D eigenvalue weighted by molar-refractivity contribution is -0.138. The number of carbonyl (C=O) groups excluding carboxylic acids is 1. The number of amides is 1. The summed E-state index contributed by atoms with van der Waals surface area (Å²) in [7, 11) is 0. The van der Waals surface area contributed by atoms with Gasteiger partial charge >= 0.3 is 0 Å². The molecule has 1 aliphatic heterocycles. The number of carbonyl (C=O) groups is 1. The van der Waals surface area contributed by atoms with Gasteiger partial charge in [-0.3, -0.25) is 4.79 Å². The first-order valence-corrected chi connectivity index (χ1v) is 7.33. The number of nitrogens with zero attached hydrogens (tertiary/aromatic N) is 1. The Hall–Kier alpha value is -1.45. The molecule has 20 heavy (non-hydrogen) atoms. The van der Waals surface area contributed by atoms with Gasteiger partial charge < -0.3 is 4.90 Å². The van der Waals surface area contributed by atoms with Crippen molar-refractivity contribution in [2.75, 3.05) is 6.54 Å². The molecule has 1 amide bonds. The average Bonchev–Trinajstić information content (AvgIpc) is 2.68. The van der Waals surface area contributed by atoms with E-state index >= 15 is 0 Å².